The maximum atomic E-state index is 12.7. The van der Waals surface area contributed by atoms with Gasteiger partial charge >= 0.3 is 0 Å². The van der Waals surface area contributed by atoms with Gasteiger partial charge < -0.3 is 4.90 Å². The molecule has 5 nitrogen and oxygen atoms in total. The summed E-state index contributed by atoms with van der Waals surface area (Å²) in [5, 5.41) is 0. The van der Waals surface area contributed by atoms with Gasteiger partial charge in [-0.2, -0.15) is 0 Å². The van der Waals surface area contributed by atoms with Crippen LogP contribution in [0.15, 0.2) is 24.3 Å². The predicted molar refractivity (Wildman–Crippen MR) is 62.3 cm³/mol. The highest BCUT2D eigenvalue weighted by molar-refractivity contribution is 5.88. The molecular weight excluding hydrogens is 237 g/mol. The van der Waals surface area contributed by atoms with Crippen LogP contribution in [0.25, 0.3) is 0 Å². The van der Waals surface area contributed by atoms with Crippen molar-refractivity contribution >= 4 is 11.8 Å². The Morgan fingerprint density at radius 3 is 2.72 bits per heavy atom. The van der Waals surface area contributed by atoms with Crippen LogP contribution in [0.4, 0.5) is 4.39 Å². The molecule has 0 aliphatic carbocycles. The van der Waals surface area contributed by atoms with Gasteiger partial charge in [0.25, 0.3) is 0 Å². The van der Waals surface area contributed by atoms with Gasteiger partial charge in [0.05, 0.1) is 5.92 Å². The lowest BCUT2D eigenvalue weighted by Crippen LogP contribution is -2.37. The van der Waals surface area contributed by atoms with Gasteiger partial charge in [-0.05, 0) is 17.7 Å². The number of hydrogen-bond donors (Lipinski definition) is 2. The molecule has 1 heterocycles. The predicted octanol–water partition coefficient (Wildman–Crippen LogP) is 0.164. The molecule has 1 atom stereocenters. The van der Waals surface area contributed by atoms with Crippen LogP contribution in [0.3, 0.4) is 0 Å². The highest BCUT2D eigenvalue weighted by atomic mass is 19.1. The summed E-state index contributed by atoms with van der Waals surface area (Å²) in [5.74, 6) is 3.91. The Bertz CT molecular complexity index is 461. The number of nitrogens with two attached hydrogens (primary N) is 1. The average Bonchev–Trinajstić information content (AvgIpc) is 2.73. The minimum Gasteiger partial charge on any atom is -0.338 e. The van der Waals surface area contributed by atoms with Crippen LogP contribution in [0.1, 0.15) is 12.0 Å². The molecule has 1 fully saturated rings. The summed E-state index contributed by atoms with van der Waals surface area (Å²) in [6.45, 7) is 0.729. The monoisotopic (exact) mass is 251 g/mol. The number of carbonyl (C=O) groups excluding carboxylic acids is 2. The van der Waals surface area contributed by atoms with Crippen LogP contribution >= 0.6 is 0 Å². The lowest BCUT2D eigenvalue weighted by Gasteiger charge is -2.16. The molecule has 18 heavy (non-hydrogen) atoms. The van der Waals surface area contributed by atoms with E-state index in [4.69, 9.17) is 5.84 Å². The smallest absolute Gasteiger partial charge is 0.239 e. The van der Waals surface area contributed by atoms with Crippen molar-refractivity contribution in [1.29, 1.82) is 0 Å². The minimum absolute atomic E-state index is 0.0899. The fraction of sp³-hybridized carbons (Fsp3) is 0.333. The summed E-state index contributed by atoms with van der Waals surface area (Å²) in [6.07, 6.45) is 0.171. The Morgan fingerprint density at radius 1 is 1.44 bits per heavy atom. The van der Waals surface area contributed by atoms with Crippen LogP contribution in [0, 0.1) is 11.7 Å². The van der Waals surface area contributed by atoms with Crippen LogP contribution in [0.5, 0.6) is 0 Å². The summed E-state index contributed by atoms with van der Waals surface area (Å²) in [5.41, 5.74) is 2.88. The molecule has 0 bridgehead atoms. The zero-order valence-corrected chi connectivity index (χ0v) is 9.73. The summed E-state index contributed by atoms with van der Waals surface area (Å²) < 4.78 is 12.7. The van der Waals surface area contributed by atoms with E-state index in [2.05, 4.69) is 5.43 Å². The Morgan fingerprint density at radius 2 is 2.11 bits per heavy atom. The molecule has 0 aromatic heterocycles. The number of hydrazine groups is 1. The Kier molecular flexibility index (Phi) is 3.57. The fourth-order valence-corrected chi connectivity index (χ4v) is 2.03. The van der Waals surface area contributed by atoms with Gasteiger partial charge in [-0.25, -0.2) is 10.2 Å². The van der Waals surface area contributed by atoms with Gasteiger partial charge in [0.2, 0.25) is 11.8 Å². The first-order chi connectivity index (χ1) is 8.60. The fourth-order valence-electron chi connectivity index (χ4n) is 2.03. The average molecular weight is 251 g/mol. The highest BCUT2D eigenvalue weighted by Crippen LogP contribution is 2.20. The van der Waals surface area contributed by atoms with Gasteiger partial charge in [-0.3, -0.25) is 15.0 Å². The van der Waals surface area contributed by atoms with Gasteiger partial charge in [0.1, 0.15) is 5.82 Å². The number of rotatable bonds is 3. The van der Waals surface area contributed by atoms with Crippen LogP contribution < -0.4 is 11.3 Å². The van der Waals surface area contributed by atoms with Crippen molar-refractivity contribution < 1.29 is 14.0 Å². The highest BCUT2D eigenvalue weighted by Gasteiger charge is 2.33. The molecular formula is C12H14FN3O2. The maximum Gasteiger partial charge on any atom is 0.239 e. The summed E-state index contributed by atoms with van der Waals surface area (Å²) in [6, 6.07) is 5.94. The normalized spacial score (nSPS) is 19.1. The molecule has 1 aromatic rings. The largest absolute Gasteiger partial charge is 0.338 e. The summed E-state index contributed by atoms with van der Waals surface area (Å²) in [7, 11) is 0. The molecule has 2 amide bonds. The van der Waals surface area contributed by atoms with Crippen molar-refractivity contribution in [2.75, 3.05) is 6.54 Å². The van der Waals surface area contributed by atoms with Crippen molar-refractivity contribution in [3.63, 3.8) is 0 Å². The van der Waals surface area contributed by atoms with E-state index in [0.717, 1.165) is 5.56 Å². The third-order valence-corrected chi connectivity index (χ3v) is 3.01. The van der Waals surface area contributed by atoms with Crippen LogP contribution in [-0.4, -0.2) is 23.3 Å². The van der Waals surface area contributed by atoms with E-state index >= 15 is 0 Å². The van der Waals surface area contributed by atoms with Crippen molar-refractivity contribution in [3.8, 4) is 0 Å². The molecule has 1 aliphatic rings. The van der Waals surface area contributed by atoms with Crippen molar-refractivity contribution in [3.05, 3.63) is 35.6 Å². The van der Waals surface area contributed by atoms with E-state index in [1.54, 1.807) is 17.0 Å². The second-order valence-corrected chi connectivity index (χ2v) is 4.31. The first-order valence-corrected chi connectivity index (χ1v) is 5.63. The van der Waals surface area contributed by atoms with E-state index in [-0.39, 0.29) is 24.1 Å². The third-order valence-electron chi connectivity index (χ3n) is 3.01. The second kappa shape index (κ2) is 5.14. The molecule has 96 valence electrons. The quantitative estimate of drug-likeness (QED) is 0.456. The number of halogens is 1. The number of nitrogens with zero attached hydrogens (tertiary/aromatic N) is 1. The molecule has 0 saturated carbocycles. The zero-order chi connectivity index (χ0) is 13.1. The number of benzene rings is 1. The second-order valence-electron chi connectivity index (χ2n) is 4.31. The molecule has 1 aliphatic heterocycles. The van der Waals surface area contributed by atoms with E-state index in [9.17, 15) is 14.0 Å². The molecule has 0 radical (unpaired) electrons. The lowest BCUT2D eigenvalue weighted by atomic mass is 10.1. The Balaban J connectivity index is 2.00. The number of hydrogen-bond acceptors (Lipinski definition) is 3. The Labute approximate surface area is 104 Å². The van der Waals surface area contributed by atoms with Crippen LogP contribution in [0.2, 0.25) is 0 Å². The summed E-state index contributed by atoms with van der Waals surface area (Å²) in [4.78, 5) is 24.6. The van der Waals surface area contributed by atoms with E-state index in [1.165, 1.54) is 12.1 Å². The van der Waals surface area contributed by atoms with E-state index in [1.807, 2.05) is 0 Å². The molecule has 2 rings (SSSR count). The number of carbonyl (C=O) groups is 2. The molecule has 6 heteroatoms. The molecule has 1 unspecified atom stereocenters. The molecule has 1 saturated heterocycles. The minimum atomic E-state index is -0.400. The topological polar surface area (TPSA) is 75.4 Å². The SMILES string of the molecule is NNC(=O)C1CC(=O)N(Cc2ccc(F)cc2)C1. The van der Waals surface area contributed by atoms with Gasteiger partial charge in [0.15, 0.2) is 0 Å². The first kappa shape index (κ1) is 12.5. The molecule has 3 N–H and O–H groups in total. The standard InChI is InChI=1S/C12H14FN3O2/c13-10-3-1-8(2-4-10)6-16-7-9(5-11(16)17)12(18)15-14/h1-4,9H,5-7,14H2,(H,15,18). The summed E-state index contributed by atoms with van der Waals surface area (Å²) >= 11 is 0. The molecule has 1 aromatic carbocycles. The van der Waals surface area contributed by atoms with Crippen molar-refractivity contribution in [2.24, 2.45) is 11.8 Å². The number of amides is 2. The first-order valence-electron chi connectivity index (χ1n) is 5.63. The third kappa shape index (κ3) is 2.65. The van der Waals surface area contributed by atoms with Crippen molar-refractivity contribution in [1.82, 2.24) is 10.3 Å². The maximum absolute atomic E-state index is 12.7. The van der Waals surface area contributed by atoms with E-state index < -0.39 is 5.92 Å². The van der Waals surface area contributed by atoms with Crippen molar-refractivity contribution in [2.45, 2.75) is 13.0 Å². The number of likely N-dealkylation sites (tertiary alicyclic amines) is 1. The molecule has 0 spiro atoms. The van der Waals surface area contributed by atoms with E-state index in [0.29, 0.717) is 13.1 Å². The van der Waals surface area contributed by atoms with Gasteiger partial charge in [-0.15, -0.1) is 0 Å². The van der Waals surface area contributed by atoms with Gasteiger partial charge in [-0.1, -0.05) is 12.1 Å². The zero-order valence-electron chi connectivity index (χ0n) is 9.73. The Hall–Kier alpha value is -1.95. The van der Waals surface area contributed by atoms with Gasteiger partial charge in [0, 0.05) is 19.5 Å². The number of nitrogens with one attached hydrogen (secondary N) is 1. The lowest BCUT2D eigenvalue weighted by molar-refractivity contribution is -0.129. The van der Waals surface area contributed by atoms with Crippen LogP contribution in [-0.2, 0) is 16.1 Å².